The van der Waals surface area contributed by atoms with Gasteiger partial charge in [0.25, 0.3) is 5.56 Å². The molecule has 0 spiro atoms. The van der Waals surface area contributed by atoms with E-state index in [0.717, 1.165) is 6.42 Å². The number of benzene rings is 1. The van der Waals surface area contributed by atoms with Crippen LogP contribution < -0.4 is 10.3 Å². The van der Waals surface area contributed by atoms with Crippen LogP contribution in [-0.2, 0) is 6.42 Å². The molecule has 1 aromatic heterocycles. The summed E-state index contributed by atoms with van der Waals surface area (Å²) < 4.78 is 19.2. The van der Waals surface area contributed by atoms with Gasteiger partial charge in [0.1, 0.15) is 0 Å². The van der Waals surface area contributed by atoms with Gasteiger partial charge in [0, 0.05) is 11.1 Å². The molecule has 4 nitrogen and oxygen atoms in total. The molecule has 5 heteroatoms. The normalized spacial score (nSPS) is 10.5. The Morgan fingerprint density at radius 3 is 2.89 bits per heavy atom. The highest BCUT2D eigenvalue weighted by atomic mass is 19.1. The van der Waals surface area contributed by atoms with Crippen molar-refractivity contribution in [1.29, 1.82) is 0 Å². The van der Waals surface area contributed by atoms with Crippen molar-refractivity contribution < 1.29 is 9.13 Å². The van der Waals surface area contributed by atoms with Crippen LogP contribution in [0.1, 0.15) is 18.9 Å². The number of hydrogen-bond acceptors (Lipinski definition) is 3. The molecule has 0 bridgehead atoms. The van der Waals surface area contributed by atoms with Crippen molar-refractivity contribution in [1.82, 2.24) is 9.97 Å². The van der Waals surface area contributed by atoms with E-state index in [0.29, 0.717) is 17.7 Å². The number of H-pyrrole nitrogens is 1. The van der Waals surface area contributed by atoms with E-state index in [-0.39, 0.29) is 16.9 Å². The van der Waals surface area contributed by atoms with Gasteiger partial charge in [-0.15, -0.1) is 0 Å². The summed E-state index contributed by atoms with van der Waals surface area (Å²) in [5, 5.41) is 0. The number of nitrogens with zero attached hydrogens (tertiary/aromatic N) is 1. The first-order chi connectivity index (χ1) is 9.19. The highest BCUT2D eigenvalue weighted by Crippen LogP contribution is 2.28. The van der Waals surface area contributed by atoms with Crippen LogP contribution in [-0.4, -0.2) is 17.1 Å². The minimum absolute atomic E-state index is 0.141. The molecule has 2 rings (SSSR count). The molecular weight excluding hydrogens is 247 g/mol. The Hall–Kier alpha value is -2.17. The maximum Gasteiger partial charge on any atom is 0.254 e. The van der Waals surface area contributed by atoms with Crippen LogP contribution in [0.25, 0.3) is 11.3 Å². The third-order valence-corrected chi connectivity index (χ3v) is 2.89. The van der Waals surface area contributed by atoms with Crippen molar-refractivity contribution in [3.8, 4) is 17.0 Å². The Morgan fingerprint density at radius 1 is 1.42 bits per heavy atom. The molecule has 0 aliphatic rings. The standard InChI is InChI=1S/C14H15FN2O2/c1-3-5-10-13(16-8-17-14(10)18)9-6-4-7-11(19-2)12(9)15/h4,6-8H,3,5H2,1-2H3,(H,16,17,18). The quantitative estimate of drug-likeness (QED) is 0.921. The van der Waals surface area contributed by atoms with Crippen LogP contribution >= 0.6 is 0 Å². The monoisotopic (exact) mass is 262 g/mol. The van der Waals surface area contributed by atoms with Crippen LogP contribution in [0, 0.1) is 5.82 Å². The molecule has 0 saturated carbocycles. The van der Waals surface area contributed by atoms with Crippen LogP contribution in [0.3, 0.4) is 0 Å². The molecule has 0 saturated heterocycles. The number of aromatic nitrogens is 2. The van der Waals surface area contributed by atoms with Gasteiger partial charge >= 0.3 is 0 Å². The molecule has 0 radical (unpaired) electrons. The molecule has 2 aromatic rings. The van der Waals surface area contributed by atoms with Gasteiger partial charge in [-0.1, -0.05) is 19.4 Å². The predicted molar refractivity (Wildman–Crippen MR) is 70.8 cm³/mol. The number of aromatic amines is 1. The van der Waals surface area contributed by atoms with Gasteiger partial charge in [0.05, 0.1) is 19.1 Å². The number of hydrogen-bond donors (Lipinski definition) is 1. The Balaban J connectivity index is 2.65. The molecule has 100 valence electrons. The zero-order valence-electron chi connectivity index (χ0n) is 10.9. The molecule has 1 N–H and O–H groups in total. The van der Waals surface area contributed by atoms with Crippen LogP contribution in [0.5, 0.6) is 5.75 Å². The second-order valence-corrected chi connectivity index (χ2v) is 4.13. The minimum Gasteiger partial charge on any atom is -0.494 e. The lowest BCUT2D eigenvalue weighted by atomic mass is 10.0. The molecule has 1 aromatic carbocycles. The molecule has 19 heavy (non-hydrogen) atoms. The van der Waals surface area contributed by atoms with Gasteiger partial charge in [-0.2, -0.15) is 0 Å². The van der Waals surface area contributed by atoms with Gasteiger partial charge in [0.2, 0.25) is 0 Å². The van der Waals surface area contributed by atoms with E-state index < -0.39 is 5.82 Å². The smallest absolute Gasteiger partial charge is 0.254 e. The molecular formula is C14H15FN2O2. The highest BCUT2D eigenvalue weighted by molar-refractivity contribution is 5.65. The topological polar surface area (TPSA) is 55.0 Å². The largest absolute Gasteiger partial charge is 0.494 e. The summed E-state index contributed by atoms with van der Waals surface area (Å²) in [5.41, 5.74) is 0.933. The molecule has 0 atom stereocenters. The Kier molecular flexibility index (Phi) is 3.94. The fourth-order valence-corrected chi connectivity index (χ4v) is 1.99. The predicted octanol–water partition coefficient (Wildman–Crippen LogP) is 2.54. The second-order valence-electron chi connectivity index (χ2n) is 4.13. The number of ether oxygens (including phenoxy) is 1. The number of methoxy groups -OCH3 is 1. The molecule has 1 heterocycles. The van der Waals surface area contributed by atoms with Crippen molar-refractivity contribution in [2.75, 3.05) is 7.11 Å². The first kappa shape index (κ1) is 13.3. The maximum atomic E-state index is 14.2. The zero-order valence-corrected chi connectivity index (χ0v) is 10.9. The van der Waals surface area contributed by atoms with Crippen molar-refractivity contribution in [3.63, 3.8) is 0 Å². The lowest BCUT2D eigenvalue weighted by molar-refractivity contribution is 0.387. The van der Waals surface area contributed by atoms with Crippen LogP contribution in [0.2, 0.25) is 0 Å². The van der Waals surface area contributed by atoms with Gasteiger partial charge in [-0.05, 0) is 18.6 Å². The summed E-state index contributed by atoms with van der Waals surface area (Å²) in [7, 11) is 1.40. The van der Waals surface area contributed by atoms with E-state index >= 15 is 0 Å². The third-order valence-electron chi connectivity index (χ3n) is 2.89. The first-order valence-corrected chi connectivity index (χ1v) is 6.08. The average Bonchev–Trinajstić information content (AvgIpc) is 2.42. The lowest BCUT2D eigenvalue weighted by Gasteiger charge is -2.09. The van der Waals surface area contributed by atoms with Crippen molar-refractivity contribution in [2.24, 2.45) is 0 Å². The van der Waals surface area contributed by atoms with E-state index in [4.69, 9.17) is 4.74 Å². The Bertz CT molecular complexity index is 638. The molecule has 0 unspecified atom stereocenters. The summed E-state index contributed by atoms with van der Waals surface area (Å²) >= 11 is 0. The zero-order chi connectivity index (χ0) is 13.8. The number of halogens is 1. The van der Waals surface area contributed by atoms with Gasteiger partial charge in [0.15, 0.2) is 11.6 Å². The average molecular weight is 262 g/mol. The van der Waals surface area contributed by atoms with E-state index in [2.05, 4.69) is 9.97 Å². The lowest BCUT2D eigenvalue weighted by Crippen LogP contribution is -2.15. The SMILES string of the molecule is CCCc1c(-c2cccc(OC)c2F)nc[nH]c1=O. The number of nitrogens with one attached hydrogen (secondary N) is 1. The van der Waals surface area contributed by atoms with E-state index in [1.54, 1.807) is 12.1 Å². The van der Waals surface area contributed by atoms with Gasteiger partial charge < -0.3 is 9.72 Å². The Labute approximate surface area is 110 Å². The van der Waals surface area contributed by atoms with Crippen molar-refractivity contribution in [2.45, 2.75) is 19.8 Å². The Morgan fingerprint density at radius 2 is 2.21 bits per heavy atom. The summed E-state index contributed by atoms with van der Waals surface area (Å²) in [6.07, 6.45) is 2.62. The van der Waals surface area contributed by atoms with E-state index in [1.165, 1.54) is 19.5 Å². The fourth-order valence-electron chi connectivity index (χ4n) is 1.99. The van der Waals surface area contributed by atoms with E-state index in [9.17, 15) is 9.18 Å². The summed E-state index contributed by atoms with van der Waals surface area (Å²) in [5.74, 6) is -0.359. The molecule has 0 aliphatic carbocycles. The molecule has 0 fully saturated rings. The summed E-state index contributed by atoms with van der Waals surface area (Å²) in [6.45, 7) is 1.96. The summed E-state index contributed by atoms with van der Waals surface area (Å²) in [4.78, 5) is 18.5. The second kappa shape index (κ2) is 5.65. The van der Waals surface area contributed by atoms with Crippen molar-refractivity contribution in [3.05, 3.63) is 46.3 Å². The number of rotatable bonds is 4. The molecule has 0 amide bonds. The summed E-state index contributed by atoms with van der Waals surface area (Å²) in [6, 6.07) is 4.81. The minimum atomic E-state index is -0.500. The van der Waals surface area contributed by atoms with Gasteiger partial charge in [-0.3, -0.25) is 4.79 Å². The van der Waals surface area contributed by atoms with Crippen LogP contribution in [0.15, 0.2) is 29.3 Å². The van der Waals surface area contributed by atoms with Crippen LogP contribution in [0.4, 0.5) is 4.39 Å². The van der Waals surface area contributed by atoms with Crippen molar-refractivity contribution >= 4 is 0 Å². The van der Waals surface area contributed by atoms with E-state index in [1.807, 2.05) is 6.92 Å². The first-order valence-electron chi connectivity index (χ1n) is 6.08. The fraction of sp³-hybridized carbons (Fsp3) is 0.286. The van der Waals surface area contributed by atoms with Gasteiger partial charge in [-0.25, -0.2) is 9.37 Å². The highest BCUT2D eigenvalue weighted by Gasteiger charge is 2.16. The molecule has 0 aliphatic heterocycles. The maximum absolute atomic E-state index is 14.2. The third kappa shape index (κ3) is 2.50.